The lowest BCUT2D eigenvalue weighted by Gasteiger charge is -2.00. The Balaban J connectivity index is 1.48. The minimum atomic E-state index is -0.0853. The molecule has 0 aliphatic heterocycles. The van der Waals surface area contributed by atoms with Crippen LogP contribution in [-0.4, -0.2) is 17.4 Å². The van der Waals surface area contributed by atoms with Gasteiger partial charge in [-0.15, -0.1) is 11.3 Å². The van der Waals surface area contributed by atoms with E-state index in [1.165, 1.54) is 5.56 Å². The molecule has 3 rings (SSSR count). The number of hydrogen-bond donors (Lipinski definition) is 1. The smallest absolute Gasteiger partial charge is 0.244 e. The van der Waals surface area contributed by atoms with Crippen molar-refractivity contribution < 1.29 is 4.79 Å². The number of hydrogen-bond acceptors (Lipinski definition) is 3. The van der Waals surface area contributed by atoms with Gasteiger partial charge in [0.1, 0.15) is 5.01 Å². The molecule has 0 saturated carbocycles. The third kappa shape index (κ3) is 5.13. The molecule has 0 spiro atoms. The van der Waals surface area contributed by atoms with Gasteiger partial charge in [0, 0.05) is 30.0 Å². The normalized spacial score (nSPS) is 10.9. The summed E-state index contributed by atoms with van der Waals surface area (Å²) < 4.78 is 0. The van der Waals surface area contributed by atoms with Gasteiger partial charge in [-0.3, -0.25) is 4.79 Å². The molecule has 0 aliphatic carbocycles. The lowest BCUT2D eigenvalue weighted by atomic mass is 10.2. The van der Waals surface area contributed by atoms with E-state index in [1.54, 1.807) is 17.4 Å². The first-order valence-corrected chi connectivity index (χ1v) is 9.11. The second-order valence-electron chi connectivity index (χ2n) is 5.80. The summed E-state index contributed by atoms with van der Waals surface area (Å²) in [6, 6.07) is 18.2. The molecule has 3 aromatic rings. The van der Waals surface area contributed by atoms with Crippen LogP contribution in [0.5, 0.6) is 0 Å². The van der Waals surface area contributed by atoms with E-state index in [-0.39, 0.29) is 5.91 Å². The van der Waals surface area contributed by atoms with Crippen molar-refractivity contribution in [2.45, 2.75) is 13.3 Å². The zero-order chi connectivity index (χ0) is 17.5. The van der Waals surface area contributed by atoms with Crippen LogP contribution in [0.4, 0.5) is 0 Å². The molecule has 1 N–H and O–H groups in total. The quantitative estimate of drug-likeness (QED) is 0.667. The van der Waals surface area contributed by atoms with Gasteiger partial charge in [0.25, 0.3) is 0 Å². The van der Waals surface area contributed by atoms with Crippen LogP contribution in [0, 0.1) is 6.92 Å². The molecule has 0 aliphatic rings. The standard InChI is InChI=1S/C21H20N2OS/c1-16-7-10-18(11-8-16)21-23-19(15-25-21)13-14-22-20(24)12-9-17-5-3-2-4-6-17/h2-12,15H,13-14H2,1H3,(H,22,24)/b12-9+. The molecule has 0 radical (unpaired) electrons. The van der Waals surface area contributed by atoms with Crippen molar-refractivity contribution in [1.29, 1.82) is 0 Å². The van der Waals surface area contributed by atoms with Gasteiger partial charge in [0.15, 0.2) is 0 Å². The maximum Gasteiger partial charge on any atom is 0.244 e. The topological polar surface area (TPSA) is 42.0 Å². The summed E-state index contributed by atoms with van der Waals surface area (Å²) in [7, 11) is 0. The highest BCUT2D eigenvalue weighted by atomic mass is 32.1. The summed E-state index contributed by atoms with van der Waals surface area (Å²) >= 11 is 1.64. The van der Waals surface area contributed by atoms with E-state index < -0.39 is 0 Å². The van der Waals surface area contributed by atoms with Gasteiger partial charge in [0.2, 0.25) is 5.91 Å². The van der Waals surface area contributed by atoms with Crippen LogP contribution < -0.4 is 5.32 Å². The lowest BCUT2D eigenvalue weighted by Crippen LogP contribution is -2.23. The van der Waals surface area contributed by atoms with Crippen molar-refractivity contribution in [2.24, 2.45) is 0 Å². The summed E-state index contributed by atoms with van der Waals surface area (Å²) in [6.45, 7) is 2.65. The molecule has 0 unspecified atom stereocenters. The molecule has 1 heterocycles. The average Bonchev–Trinajstić information content (AvgIpc) is 3.10. The van der Waals surface area contributed by atoms with Crippen molar-refractivity contribution in [3.8, 4) is 10.6 Å². The molecule has 2 aromatic carbocycles. The number of nitrogens with one attached hydrogen (secondary N) is 1. The minimum absolute atomic E-state index is 0.0853. The van der Waals surface area contributed by atoms with Gasteiger partial charge in [-0.25, -0.2) is 4.98 Å². The Labute approximate surface area is 152 Å². The van der Waals surface area contributed by atoms with Crippen LogP contribution in [0.25, 0.3) is 16.6 Å². The van der Waals surface area contributed by atoms with Gasteiger partial charge in [-0.05, 0) is 18.6 Å². The number of aromatic nitrogens is 1. The molecule has 1 amide bonds. The molecule has 1 aromatic heterocycles. The number of thiazole rings is 1. The molecule has 126 valence electrons. The maximum absolute atomic E-state index is 11.8. The highest BCUT2D eigenvalue weighted by molar-refractivity contribution is 7.13. The summed E-state index contributed by atoms with van der Waals surface area (Å²) in [5.41, 5.74) is 4.40. The van der Waals surface area contributed by atoms with Crippen LogP contribution in [0.15, 0.2) is 66.1 Å². The van der Waals surface area contributed by atoms with Crippen molar-refractivity contribution in [3.63, 3.8) is 0 Å². The maximum atomic E-state index is 11.8. The van der Waals surface area contributed by atoms with Crippen LogP contribution in [0.2, 0.25) is 0 Å². The van der Waals surface area contributed by atoms with Crippen LogP contribution >= 0.6 is 11.3 Å². The van der Waals surface area contributed by atoms with Crippen molar-refractivity contribution in [3.05, 3.63) is 82.9 Å². The van der Waals surface area contributed by atoms with Crippen LogP contribution in [-0.2, 0) is 11.2 Å². The monoisotopic (exact) mass is 348 g/mol. The minimum Gasteiger partial charge on any atom is -0.352 e. The molecule has 0 bridgehead atoms. The van der Waals surface area contributed by atoms with Gasteiger partial charge < -0.3 is 5.32 Å². The summed E-state index contributed by atoms with van der Waals surface area (Å²) in [4.78, 5) is 16.5. The number of benzene rings is 2. The highest BCUT2D eigenvalue weighted by Gasteiger charge is 2.05. The predicted molar refractivity (Wildman–Crippen MR) is 104 cm³/mol. The van der Waals surface area contributed by atoms with Gasteiger partial charge in [-0.2, -0.15) is 0 Å². The molecular weight excluding hydrogens is 328 g/mol. The van der Waals surface area contributed by atoms with Gasteiger partial charge >= 0.3 is 0 Å². The molecule has 4 heteroatoms. The first-order valence-electron chi connectivity index (χ1n) is 8.23. The van der Waals surface area contributed by atoms with Crippen molar-refractivity contribution in [2.75, 3.05) is 6.54 Å². The van der Waals surface area contributed by atoms with Crippen LogP contribution in [0.3, 0.4) is 0 Å². The SMILES string of the molecule is Cc1ccc(-c2nc(CCNC(=O)/C=C/c3ccccc3)cs2)cc1. The van der Waals surface area contributed by atoms with Gasteiger partial charge in [-0.1, -0.05) is 60.2 Å². The third-order valence-electron chi connectivity index (χ3n) is 3.76. The van der Waals surface area contributed by atoms with Crippen molar-refractivity contribution >= 4 is 23.3 Å². The number of nitrogens with zero attached hydrogens (tertiary/aromatic N) is 1. The Hall–Kier alpha value is -2.72. The number of amides is 1. The Morgan fingerprint density at radius 3 is 2.64 bits per heavy atom. The van der Waals surface area contributed by atoms with E-state index in [2.05, 4.69) is 46.9 Å². The summed E-state index contributed by atoms with van der Waals surface area (Å²) in [5.74, 6) is -0.0853. The Kier molecular flexibility index (Phi) is 5.75. The fourth-order valence-corrected chi connectivity index (χ4v) is 3.22. The van der Waals surface area contributed by atoms with E-state index >= 15 is 0 Å². The number of carbonyl (C=O) groups excluding carboxylic acids is 1. The van der Waals surface area contributed by atoms with E-state index in [0.29, 0.717) is 6.54 Å². The molecule has 0 atom stereocenters. The Morgan fingerprint density at radius 2 is 1.88 bits per heavy atom. The molecule has 0 saturated heterocycles. The predicted octanol–water partition coefficient (Wildman–Crippen LogP) is 4.49. The van der Waals surface area contributed by atoms with E-state index in [9.17, 15) is 4.79 Å². The second kappa shape index (κ2) is 8.40. The lowest BCUT2D eigenvalue weighted by molar-refractivity contribution is -0.116. The first kappa shape index (κ1) is 17.1. The van der Waals surface area contributed by atoms with E-state index in [0.717, 1.165) is 28.2 Å². The van der Waals surface area contributed by atoms with E-state index in [4.69, 9.17) is 0 Å². The molecule has 25 heavy (non-hydrogen) atoms. The number of rotatable bonds is 6. The third-order valence-corrected chi connectivity index (χ3v) is 4.70. The summed E-state index contributed by atoms with van der Waals surface area (Å²) in [5, 5.41) is 5.97. The van der Waals surface area contributed by atoms with E-state index in [1.807, 2.05) is 36.4 Å². The Morgan fingerprint density at radius 1 is 1.12 bits per heavy atom. The highest BCUT2D eigenvalue weighted by Crippen LogP contribution is 2.24. The van der Waals surface area contributed by atoms with Gasteiger partial charge in [0.05, 0.1) is 5.69 Å². The Bertz CT molecular complexity index is 851. The first-order chi connectivity index (χ1) is 12.2. The number of aryl methyl sites for hydroxylation is 1. The van der Waals surface area contributed by atoms with Crippen molar-refractivity contribution in [1.82, 2.24) is 10.3 Å². The zero-order valence-electron chi connectivity index (χ0n) is 14.1. The van der Waals surface area contributed by atoms with Crippen LogP contribution in [0.1, 0.15) is 16.8 Å². The zero-order valence-corrected chi connectivity index (χ0v) is 14.9. The number of carbonyl (C=O) groups is 1. The fraction of sp³-hybridized carbons (Fsp3) is 0.143. The molecular formula is C21H20N2OS. The second-order valence-corrected chi connectivity index (χ2v) is 6.65. The molecule has 0 fully saturated rings. The fourth-order valence-electron chi connectivity index (χ4n) is 2.36. The molecule has 3 nitrogen and oxygen atoms in total. The largest absolute Gasteiger partial charge is 0.352 e. The summed E-state index contributed by atoms with van der Waals surface area (Å²) in [6.07, 6.45) is 4.11. The average molecular weight is 348 g/mol.